The molecule has 0 aliphatic heterocycles. The van der Waals surface area contributed by atoms with Crippen molar-refractivity contribution in [3.05, 3.63) is 111 Å². The van der Waals surface area contributed by atoms with Crippen LogP contribution in [0.2, 0.25) is 0 Å². The van der Waals surface area contributed by atoms with Crippen molar-refractivity contribution in [1.82, 2.24) is 4.98 Å². The molecule has 1 N–H and O–H groups in total. The summed E-state index contributed by atoms with van der Waals surface area (Å²) in [5.41, 5.74) is -0.260. The predicted octanol–water partition coefficient (Wildman–Crippen LogP) is 7.13. The Bertz CT molecular complexity index is 1800. The number of ether oxygens (including phenoxy) is 2. The number of esters is 1. The maximum Gasteiger partial charge on any atom is 0.351 e. The average molecular weight is 593 g/mol. The summed E-state index contributed by atoms with van der Waals surface area (Å²) in [4.78, 5) is 41.8. The molecule has 0 aliphatic carbocycles. The van der Waals surface area contributed by atoms with Gasteiger partial charge in [-0.2, -0.15) is 0 Å². The van der Waals surface area contributed by atoms with E-state index in [4.69, 9.17) is 13.3 Å². The van der Waals surface area contributed by atoms with Gasteiger partial charge in [0.2, 0.25) is 0 Å². The lowest BCUT2D eigenvalue weighted by Crippen LogP contribution is -2.16. The molecule has 216 valence electrons. The van der Waals surface area contributed by atoms with Gasteiger partial charge < -0.3 is 19.0 Å². The van der Waals surface area contributed by atoms with E-state index in [1.165, 1.54) is 43.5 Å². The maximum absolute atomic E-state index is 14.4. The molecule has 0 atom stereocenters. The number of Topliss-reactive ketones (excluding diaryl/α,β-unsaturated/α-hetero) is 1. The third-order valence-electron chi connectivity index (χ3n) is 6.01. The molecular weight excluding hydrogens is 561 g/mol. The fourth-order valence-electron chi connectivity index (χ4n) is 3.96. The van der Waals surface area contributed by atoms with Crippen molar-refractivity contribution in [1.29, 1.82) is 0 Å². The number of methoxy groups -OCH3 is 1. The molecule has 2 aromatic heterocycles. The number of thiazole rings is 1. The lowest BCUT2D eigenvalue weighted by Gasteiger charge is -2.07. The first-order chi connectivity index (χ1) is 21.4. The third-order valence-corrected chi connectivity index (χ3v) is 6.84. The topological polar surface area (TPSA) is 116 Å². The fraction of sp³-hybridized carbons (Fsp3) is 0.188. The van der Waals surface area contributed by atoms with Crippen LogP contribution in [0.1, 0.15) is 51.3 Å². The molecule has 0 radical (unpaired) electrons. The monoisotopic (exact) mass is 592 g/mol. The number of carbonyl (C=O) groups excluding carboxylic acids is 2. The highest BCUT2D eigenvalue weighted by atomic mass is 32.1. The van der Waals surface area contributed by atoms with Crippen molar-refractivity contribution in [2.24, 2.45) is 0 Å². The molecule has 2 heterocycles. The van der Waals surface area contributed by atoms with Crippen molar-refractivity contribution < 1.29 is 37.1 Å². The van der Waals surface area contributed by atoms with E-state index in [0.717, 1.165) is 11.3 Å². The molecule has 0 amide bonds. The number of hydrogen-bond donors (Lipinski definition) is 1. The molecule has 10 heteroatoms. The molecule has 42 heavy (non-hydrogen) atoms. The van der Waals surface area contributed by atoms with Crippen LogP contribution in [0.4, 0.5) is 4.39 Å². The second-order valence-corrected chi connectivity index (χ2v) is 10.1. The van der Waals surface area contributed by atoms with Crippen molar-refractivity contribution in [2.75, 3.05) is 7.04 Å². The summed E-state index contributed by atoms with van der Waals surface area (Å²) >= 11 is 1.13. The van der Waals surface area contributed by atoms with E-state index in [2.05, 4.69) is 9.72 Å². The van der Waals surface area contributed by atoms with Crippen LogP contribution in [0.25, 0.3) is 17.2 Å². The average Bonchev–Trinajstić information content (AvgIpc) is 3.41. The molecule has 4 rings (SSSR count). The van der Waals surface area contributed by atoms with Gasteiger partial charge in [-0.25, -0.2) is 14.2 Å². The molecule has 8 nitrogen and oxygen atoms in total. The second kappa shape index (κ2) is 14.2. The summed E-state index contributed by atoms with van der Waals surface area (Å²) in [5, 5.41) is 10.7. The SMILES string of the molecule is [2H]C([2H])([2H])OC(=O)C/C=C/CCCc1cc(O)c(C(=O)/C(C)=C/c2cnc(Oc3ccc(F)c(-c4ccccc4)c3)s2)c(=O)o1. The Balaban J connectivity index is 1.36. The van der Waals surface area contributed by atoms with E-state index in [9.17, 15) is 23.9 Å². The van der Waals surface area contributed by atoms with Crippen LogP contribution in [0.15, 0.2) is 87.7 Å². The minimum Gasteiger partial charge on any atom is -0.507 e. The first-order valence-corrected chi connectivity index (χ1v) is 13.7. The highest BCUT2D eigenvalue weighted by molar-refractivity contribution is 7.14. The molecule has 0 bridgehead atoms. The quantitative estimate of drug-likeness (QED) is 0.0607. The first-order valence-electron chi connectivity index (χ1n) is 14.3. The van der Waals surface area contributed by atoms with Gasteiger partial charge in [-0.1, -0.05) is 53.8 Å². The predicted molar refractivity (Wildman–Crippen MR) is 157 cm³/mol. The van der Waals surface area contributed by atoms with Crippen LogP contribution in [-0.4, -0.2) is 28.9 Å². The van der Waals surface area contributed by atoms with Crippen molar-refractivity contribution in [3.8, 4) is 27.8 Å². The van der Waals surface area contributed by atoms with Gasteiger partial charge in [0.15, 0.2) is 5.78 Å². The number of allylic oxidation sites excluding steroid dienone is 2. The van der Waals surface area contributed by atoms with Crippen LogP contribution >= 0.6 is 11.3 Å². The van der Waals surface area contributed by atoms with Crippen molar-refractivity contribution in [3.63, 3.8) is 0 Å². The van der Waals surface area contributed by atoms with E-state index >= 15 is 0 Å². The van der Waals surface area contributed by atoms with Gasteiger partial charge in [-0.05, 0) is 55.2 Å². The van der Waals surface area contributed by atoms with E-state index in [1.54, 1.807) is 24.3 Å². The number of aromatic hydroxyl groups is 1. The van der Waals surface area contributed by atoms with Crippen LogP contribution < -0.4 is 10.4 Å². The Morgan fingerprint density at radius 3 is 2.74 bits per heavy atom. The Morgan fingerprint density at radius 1 is 1.17 bits per heavy atom. The van der Waals surface area contributed by atoms with Crippen LogP contribution in [-0.2, 0) is 16.0 Å². The fourth-order valence-corrected chi connectivity index (χ4v) is 4.75. The Kier molecular flexibility index (Phi) is 8.81. The molecule has 0 saturated heterocycles. The summed E-state index contributed by atoms with van der Waals surface area (Å²) in [6.45, 7) is 1.49. The van der Waals surface area contributed by atoms with E-state index in [1.807, 2.05) is 18.2 Å². The highest BCUT2D eigenvalue weighted by Gasteiger charge is 2.21. The molecule has 0 spiro atoms. The van der Waals surface area contributed by atoms with Crippen molar-refractivity contribution in [2.45, 2.75) is 32.6 Å². The normalized spacial score (nSPS) is 12.9. The van der Waals surface area contributed by atoms with Crippen molar-refractivity contribution >= 4 is 29.2 Å². The number of unbranched alkanes of at least 4 members (excludes halogenated alkanes) is 1. The number of halogens is 1. The van der Waals surface area contributed by atoms with Gasteiger partial charge in [0.05, 0.1) is 22.4 Å². The summed E-state index contributed by atoms with van der Waals surface area (Å²) < 4.78 is 50.4. The lowest BCUT2D eigenvalue weighted by atomic mass is 10.0. The zero-order valence-corrected chi connectivity index (χ0v) is 23.3. The Labute approximate surface area is 249 Å². The zero-order chi connectivity index (χ0) is 32.6. The molecule has 0 fully saturated rings. The smallest absolute Gasteiger partial charge is 0.351 e. The number of benzene rings is 2. The Morgan fingerprint density at radius 2 is 1.98 bits per heavy atom. The molecule has 0 saturated carbocycles. The number of nitrogens with zero attached hydrogens (tertiary/aromatic N) is 1. The van der Waals surface area contributed by atoms with Gasteiger partial charge >= 0.3 is 11.6 Å². The standard InChI is InChI=1S/C32H28FNO7S/c1-20(30(37)29-27(35)18-22(40-31(29)38)12-8-3-4-9-13-28(36)39-2)16-24-19-34-32(42-24)41-23-14-15-26(33)25(17-23)21-10-6-5-7-11-21/h4-7,9-11,14-19,35H,3,8,12-13H2,1-2H3/b9-4+,20-16+/i2D3. The van der Waals surface area contributed by atoms with Crippen LogP contribution in [0, 0.1) is 5.82 Å². The lowest BCUT2D eigenvalue weighted by molar-refractivity contribution is -0.139. The van der Waals surface area contributed by atoms with Gasteiger partial charge in [0, 0.05) is 24.2 Å². The van der Waals surface area contributed by atoms with E-state index < -0.39 is 41.5 Å². The van der Waals surface area contributed by atoms with Gasteiger partial charge in [0.1, 0.15) is 28.6 Å². The minimum atomic E-state index is -2.79. The number of aryl methyl sites for hydroxylation is 1. The minimum absolute atomic E-state index is 0.149. The van der Waals surface area contributed by atoms with E-state index in [-0.39, 0.29) is 29.4 Å². The van der Waals surface area contributed by atoms with Crippen LogP contribution in [0.3, 0.4) is 0 Å². The zero-order valence-electron chi connectivity index (χ0n) is 25.5. The molecule has 2 aromatic carbocycles. The number of rotatable bonds is 12. The largest absolute Gasteiger partial charge is 0.507 e. The maximum atomic E-state index is 14.4. The third kappa shape index (κ3) is 7.88. The first kappa shape index (κ1) is 26.1. The van der Waals surface area contributed by atoms with Gasteiger partial charge in [-0.15, -0.1) is 0 Å². The number of hydrogen-bond acceptors (Lipinski definition) is 9. The van der Waals surface area contributed by atoms with Gasteiger partial charge in [-0.3, -0.25) is 9.59 Å². The molecule has 4 aromatic rings. The summed E-state index contributed by atoms with van der Waals surface area (Å²) in [6, 6.07) is 14.6. The molecule has 0 aliphatic rings. The van der Waals surface area contributed by atoms with Crippen LogP contribution in [0.5, 0.6) is 16.7 Å². The summed E-state index contributed by atoms with van der Waals surface area (Å²) in [6.07, 6.45) is 7.14. The molecular formula is C32H28FNO7S. The highest BCUT2D eigenvalue weighted by Crippen LogP contribution is 2.32. The Hall–Kier alpha value is -4.83. The summed E-state index contributed by atoms with van der Waals surface area (Å²) in [5.74, 6) is -1.95. The van der Waals surface area contributed by atoms with E-state index in [0.29, 0.717) is 34.6 Å². The number of aromatic nitrogens is 1. The number of carbonyl (C=O) groups is 2. The summed E-state index contributed by atoms with van der Waals surface area (Å²) in [7, 11) is -2.79. The number of ketones is 1. The second-order valence-electron chi connectivity index (χ2n) is 9.10. The molecule has 0 unspecified atom stereocenters. The van der Waals surface area contributed by atoms with Gasteiger partial charge in [0.25, 0.3) is 5.19 Å².